The maximum atomic E-state index is 9.47. The fraction of sp³-hybridized carbons (Fsp3) is 0.455. The second-order valence-corrected chi connectivity index (χ2v) is 7.55. The maximum absolute atomic E-state index is 9.47. The highest BCUT2D eigenvalue weighted by Crippen LogP contribution is 2.28. The van der Waals surface area contributed by atoms with Crippen molar-refractivity contribution in [2.75, 3.05) is 23.4 Å². The van der Waals surface area contributed by atoms with Crippen LogP contribution in [-0.4, -0.2) is 39.3 Å². The van der Waals surface area contributed by atoms with Crippen LogP contribution in [0.5, 0.6) is 0 Å². The maximum Gasteiger partial charge on any atom is 0.229 e. The Morgan fingerprint density at radius 1 is 1.21 bits per heavy atom. The van der Waals surface area contributed by atoms with Crippen LogP contribution in [0.4, 0.5) is 17.5 Å². The van der Waals surface area contributed by atoms with Gasteiger partial charge in [0.25, 0.3) is 0 Å². The minimum absolute atomic E-state index is 0.218. The average molecular weight is 380 g/mol. The van der Waals surface area contributed by atoms with Gasteiger partial charge in [-0.3, -0.25) is 0 Å². The second-order valence-electron chi connectivity index (χ2n) is 7.55. The fourth-order valence-electron chi connectivity index (χ4n) is 4.08. The van der Waals surface area contributed by atoms with Crippen molar-refractivity contribution < 1.29 is 5.11 Å². The average Bonchev–Trinajstić information content (AvgIpc) is 3.17. The molecule has 1 saturated heterocycles. The van der Waals surface area contributed by atoms with Gasteiger partial charge in [0.2, 0.25) is 5.95 Å². The number of benzene rings is 1. The summed E-state index contributed by atoms with van der Waals surface area (Å²) in [4.78, 5) is 15.2. The third kappa shape index (κ3) is 4.12. The number of aliphatic hydroxyl groups excluding tert-OH is 1. The Morgan fingerprint density at radius 2 is 2.14 bits per heavy atom. The number of aromatic amines is 1. The Kier molecular flexibility index (Phi) is 5.76. The molecule has 0 aliphatic carbocycles. The molecule has 2 aromatic heterocycles. The van der Waals surface area contributed by atoms with Crippen molar-refractivity contribution in [3.8, 4) is 0 Å². The van der Waals surface area contributed by atoms with Crippen LogP contribution in [0, 0.1) is 0 Å². The Morgan fingerprint density at radius 3 is 3.00 bits per heavy atom. The predicted molar refractivity (Wildman–Crippen MR) is 114 cm³/mol. The summed E-state index contributed by atoms with van der Waals surface area (Å²) in [7, 11) is 0. The van der Waals surface area contributed by atoms with Crippen LogP contribution in [0.2, 0.25) is 0 Å². The molecule has 6 nitrogen and oxygen atoms in total. The van der Waals surface area contributed by atoms with E-state index in [1.54, 1.807) is 0 Å². The van der Waals surface area contributed by atoms with Gasteiger partial charge >= 0.3 is 0 Å². The first kappa shape index (κ1) is 18.7. The molecule has 1 unspecified atom stereocenters. The van der Waals surface area contributed by atoms with Gasteiger partial charge in [-0.2, -0.15) is 4.98 Å². The number of nitrogens with zero attached hydrogens (tertiary/aromatic N) is 3. The Bertz CT molecular complexity index is 920. The molecule has 0 amide bonds. The number of rotatable bonds is 7. The van der Waals surface area contributed by atoms with Crippen LogP contribution in [-0.2, 0) is 6.42 Å². The topological polar surface area (TPSA) is 77.1 Å². The molecular weight excluding hydrogens is 350 g/mol. The van der Waals surface area contributed by atoms with Crippen molar-refractivity contribution in [2.45, 2.75) is 51.5 Å². The summed E-state index contributed by atoms with van der Waals surface area (Å²) in [6, 6.07) is 10.8. The zero-order valence-electron chi connectivity index (χ0n) is 16.5. The van der Waals surface area contributed by atoms with E-state index in [4.69, 9.17) is 9.97 Å². The molecule has 0 saturated carbocycles. The van der Waals surface area contributed by atoms with Crippen LogP contribution in [0.15, 0.2) is 36.5 Å². The van der Waals surface area contributed by atoms with Gasteiger partial charge in [-0.05, 0) is 56.4 Å². The van der Waals surface area contributed by atoms with Crippen molar-refractivity contribution in [1.29, 1.82) is 0 Å². The van der Waals surface area contributed by atoms with Crippen molar-refractivity contribution in [3.63, 3.8) is 0 Å². The predicted octanol–water partition coefficient (Wildman–Crippen LogP) is 4.40. The third-order valence-electron chi connectivity index (χ3n) is 5.46. The molecule has 0 bridgehead atoms. The molecule has 1 aliphatic heterocycles. The molecule has 1 atom stereocenters. The van der Waals surface area contributed by atoms with E-state index in [-0.39, 0.29) is 6.61 Å². The van der Waals surface area contributed by atoms with Crippen LogP contribution in [0.25, 0.3) is 10.9 Å². The van der Waals surface area contributed by atoms with Crippen LogP contribution in [0.3, 0.4) is 0 Å². The van der Waals surface area contributed by atoms with Crippen molar-refractivity contribution in [2.24, 2.45) is 0 Å². The van der Waals surface area contributed by atoms with Gasteiger partial charge in [0.05, 0.1) is 0 Å². The summed E-state index contributed by atoms with van der Waals surface area (Å²) in [5.41, 5.74) is 3.16. The first-order chi connectivity index (χ1) is 13.8. The highest BCUT2D eigenvalue weighted by atomic mass is 16.3. The van der Waals surface area contributed by atoms with Gasteiger partial charge in [0, 0.05) is 53.7 Å². The molecule has 4 rings (SSSR count). The summed E-state index contributed by atoms with van der Waals surface area (Å²) in [6.07, 6.45) is 8.21. The molecule has 1 aliphatic rings. The van der Waals surface area contributed by atoms with E-state index in [0.29, 0.717) is 12.0 Å². The summed E-state index contributed by atoms with van der Waals surface area (Å²) < 4.78 is 0. The molecule has 0 radical (unpaired) electrons. The number of aromatic nitrogens is 3. The van der Waals surface area contributed by atoms with E-state index < -0.39 is 0 Å². The lowest BCUT2D eigenvalue weighted by atomic mass is 9.99. The number of H-pyrrole nitrogens is 1. The minimum Gasteiger partial charge on any atom is -0.396 e. The minimum atomic E-state index is 0.218. The third-order valence-corrected chi connectivity index (χ3v) is 5.46. The van der Waals surface area contributed by atoms with E-state index in [2.05, 4.69) is 46.4 Å². The van der Waals surface area contributed by atoms with Crippen LogP contribution in [0.1, 0.15) is 44.7 Å². The summed E-state index contributed by atoms with van der Waals surface area (Å²) in [5, 5.41) is 14.0. The Hall–Kier alpha value is -2.60. The smallest absolute Gasteiger partial charge is 0.229 e. The van der Waals surface area contributed by atoms with Gasteiger partial charge in [-0.1, -0.05) is 13.3 Å². The van der Waals surface area contributed by atoms with Gasteiger partial charge in [-0.25, -0.2) is 4.98 Å². The van der Waals surface area contributed by atoms with E-state index in [1.165, 1.54) is 12.8 Å². The first-order valence-corrected chi connectivity index (χ1v) is 10.4. The number of hydrogen-bond acceptors (Lipinski definition) is 5. The standard InChI is InChI=1S/C22H29N5O/c1-2-5-17-15-21(27-12-4-3-6-19(27)10-13-28)26-22(24-17)25-18-7-8-20-16(14-18)9-11-23-20/h7-9,11,14-15,19,23,28H,2-6,10,12-13H2,1H3,(H,24,25,26). The highest BCUT2D eigenvalue weighted by Gasteiger charge is 2.24. The molecule has 3 aromatic rings. The number of aryl methyl sites for hydroxylation is 1. The second kappa shape index (κ2) is 8.61. The number of nitrogens with one attached hydrogen (secondary N) is 2. The van der Waals surface area contributed by atoms with Crippen molar-refractivity contribution in [1.82, 2.24) is 15.0 Å². The van der Waals surface area contributed by atoms with Crippen LogP contribution >= 0.6 is 0 Å². The molecule has 0 spiro atoms. The number of anilines is 3. The zero-order valence-corrected chi connectivity index (χ0v) is 16.5. The quantitative estimate of drug-likeness (QED) is 0.567. The molecule has 1 fully saturated rings. The lowest BCUT2D eigenvalue weighted by Gasteiger charge is -2.36. The van der Waals surface area contributed by atoms with E-state index in [0.717, 1.165) is 60.3 Å². The molecule has 28 heavy (non-hydrogen) atoms. The van der Waals surface area contributed by atoms with Gasteiger partial charge < -0.3 is 20.3 Å². The van der Waals surface area contributed by atoms with E-state index in [1.807, 2.05) is 12.3 Å². The Labute approximate surface area is 166 Å². The molecule has 3 heterocycles. The molecular formula is C22H29N5O. The lowest BCUT2D eigenvalue weighted by molar-refractivity contribution is 0.262. The SMILES string of the molecule is CCCc1cc(N2CCCCC2CCO)nc(Nc2ccc3[nH]ccc3c2)n1. The summed E-state index contributed by atoms with van der Waals surface area (Å²) in [6.45, 7) is 3.38. The number of piperidine rings is 1. The molecule has 3 N–H and O–H groups in total. The monoisotopic (exact) mass is 379 g/mol. The highest BCUT2D eigenvalue weighted by molar-refractivity contribution is 5.83. The van der Waals surface area contributed by atoms with Gasteiger partial charge in [0.1, 0.15) is 5.82 Å². The molecule has 6 heteroatoms. The number of fused-ring (bicyclic) bond motifs is 1. The Balaban J connectivity index is 1.64. The van der Waals surface area contributed by atoms with Gasteiger partial charge in [0.15, 0.2) is 0 Å². The fourth-order valence-corrected chi connectivity index (χ4v) is 4.08. The normalized spacial score (nSPS) is 17.2. The number of hydrogen-bond donors (Lipinski definition) is 3. The summed E-state index contributed by atoms with van der Waals surface area (Å²) in [5.74, 6) is 1.62. The largest absolute Gasteiger partial charge is 0.396 e. The van der Waals surface area contributed by atoms with Crippen molar-refractivity contribution in [3.05, 3.63) is 42.2 Å². The first-order valence-electron chi connectivity index (χ1n) is 10.4. The van der Waals surface area contributed by atoms with Gasteiger partial charge in [-0.15, -0.1) is 0 Å². The summed E-state index contributed by atoms with van der Waals surface area (Å²) >= 11 is 0. The lowest BCUT2D eigenvalue weighted by Crippen LogP contribution is -2.40. The van der Waals surface area contributed by atoms with Crippen LogP contribution < -0.4 is 10.2 Å². The molecule has 1 aromatic carbocycles. The number of aliphatic hydroxyl groups is 1. The van der Waals surface area contributed by atoms with E-state index >= 15 is 0 Å². The zero-order chi connectivity index (χ0) is 19.3. The van der Waals surface area contributed by atoms with Crippen molar-refractivity contribution >= 4 is 28.4 Å². The molecule has 148 valence electrons. The van der Waals surface area contributed by atoms with E-state index in [9.17, 15) is 5.11 Å².